The molecule has 5 heteroatoms. The molecule has 0 radical (unpaired) electrons. The molecule has 1 rings (SSSR count). The molecule has 0 aliphatic rings. The molecule has 0 fully saturated rings. The Morgan fingerprint density at radius 1 is 1.38 bits per heavy atom. The third-order valence-corrected chi connectivity index (χ3v) is 3.20. The molecule has 0 saturated carbocycles. The summed E-state index contributed by atoms with van der Waals surface area (Å²) in [4.78, 5) is 11.6. The Kier molecular flexibility index (Phi) is 5.39. The van der Waals surface area contributed by atoms with Crippen LogP contribution < -0.4 is 5.32 Å². The molecule has 0 spiro atoms. The monoisotopic (exact) mass is 279 g/mol. The van der Waals surface area contributed by atoms with Gasteiger partial charge in [-0.3, -0.25) is 4.79 Å². The smallest absolute Gasteiger partial charge is 0.242 e. The van der Waals surface area contributed by atoms with Crippen molar-refractivity contribution in [1.82, 2.24) is 5.32 Å². The zero-order valence-corrected chi connectivity index (χ0v) is 11.0. The first-order valence-corrected chi connectivity index (χ1v) is 6.12. The van der Waals surface area contributed by atoms with Crippen molar-refractivity contribution in [2.24, 2.45) is 0 Å². The Hall–Kier alpha value is -0.440. The molecule has 0 aliphatic heterocycles. The van der Waals surface area contributed by atoms with Gasteiger partial charge in [0.15, 0.2) is 0 Å². The van der Waals surface area contributed by atoms with Gasteiger partial charge in [-0.05, 0) is 24.1 Å². The van der Waals surface area contributed by atoms with E-state index in [-0.39, 0.29) is 5.91 Å². The molecule has 16 heavy (non-hydrogen) atoms. The SMILES string of the molecule is CCCNC(=O)C(Cl)c1ccc(Cl)c(Cl)c1. The van der Waals surface area contributed by atoms with Crippen LogP contribution in [0.4, 0.5) is 0 Å². The Morgan fingerprint density at radius 3 is 2.62 bits per heavy atom. The molecule has 0 aromatic heterocycles. The molecule has 0 aliphatic carbocycles. The first-order chi connectivity index (χ1) is 7.56. The van der Waals surface area contributed by atoms with Gasteiger partial charge in [0.2, 0.25) is 5.91 Å². The van der Waals surface area contributed by atoms with Gasteiger partial charge in [0.05, 0.1) is 10.0 Å². The molecule has 1 atom stereocenters. The fourth-order valence-corrected chi connectivity index (χ4v) is 1.68. The summed E-state index contributed by atoms with van der Waals surface area (Å²) in [7, 11) is 0. The lowest BCUT2D eigenvalue weighted by atomic mass is 10.1. The van der Waals surface area contributed by atoms with Crippen molar-refractivity contribution in [3.8, 4) is 0 Å². The van der Waals surface area contributed by atoms with E-state index in [4.69, 9.17) is 34.8 Å². The summed E-state index contributed by atoms with van der Waals surface area (Å²) >= 11 is 17.6. The van der Waals surface area contributed by atoms with Gasteiger partial charge in [-0.25, -0.2) is 0 Å². The normalized spacial score (nSPS) is 12.2. The fraction of sp³-hybridized carbons (Fsp3) is 0.364. The summed E-state index contributed by atoms with van der Waals surface area (Å²) < 4.78 is 0. The van der Waals surface area contributed by atoms with Crippen molar-refractivity contribution in [1.29, 1.82) is 0 Å². The number of alkyl halides is 1. The molecule has 1 aromatic rings. The summed E-state index contributed by atoms with van der Waals surface area (Å²) in [6.45, 7) is 2.59. The van der Waals surface area contributed by atoms with Crippen LogP contribution in [-0.2, 0) is 4.79 Å². The number of hydrogen-bond acceptors (Lipinski definition) is 1. The molecule has 1 aromatic carbocycles. The summed E-state index contributed by atoms with van der Waals surface area (Å²) in [5, 5.41) is 2.83. The number of rotatable bonds is 4. The lowest BCUT2D eigenvalue weighted by Crippen LogP contribution is -2.27. The van der Waals surface area contributed by atoms with Crippen molar-refractivity contribution in [2.45, 2.75) is 18.7 Å². The summed E-state index contributed by atoms with van der Waals surface area (Å²) in [6.07, 6.45) is 0.872. The maximum atomic E-state index is 11.6. The molecule has 1 unspecified atom stereocenters. The topological polar surface area (TPSA) is 29.1 Å². The first kappa shape index (κ1) is 13.6. The maximum Gasteiger partial charge on any atom is 0.242 e. The van der Waals surface area contributed by atoms with Gasteiger partial charge in [-0.15, -0.1) is 11.6 Å². The third-order valence-electron chi connectivity index (χ3n) is 2.02. The number of nitrogens with one attached hydrogen (secondary N) is 1. The van der Waals surface area contributed by atoms with Crippen LogP contribution in [0, 0.1) is 0 Å². The number of halogens is 3. The fourth-order valence-electron chi connectivity index (χ4n) is 1.16. The van der Waals surface area contributed by atoms with Crippen molar-refractivity contribution in [3.63, 3.8) is 0 Å². The lowest BCUT2D eigenvalue weighted by molar-refractivity contribution is -0.120. The van der Waals surface area contributed by atoms with Crippen LogP contribution in [0.15, 0.2) is 18.2 Å². The average Bonchev–Trinajstić information content (AvgIpc) is 2.28. The second-order valence-electron chi connectivity index (χ2n) is 3.33. The maximum absolute atomic E-state index is 11.6. The predicted molar refractivity (Wildman–Crippen MR) is 68.4 cm³/mol. The van der Waals surface area contributed by atoms with E-state index in [2.05, 4.69) is 5.32 Å². The predicted octanol–water partition coefficient (Wildman–Crippen LogP) is 3.80. The minimum absolute atomic E-state index is 0.220. The van der Waals surface area contributed by atoms with Crippen molar-refractivity contribution in [3.05, 3.63) is 33.8 Å². The Labute approximate surface area is 110 Å². The van der Waals surface area contributed by atoms with Crippen molar-refractivity contribution >= 4 is 40.7 Å². The molecular weight excluding hydrogens is 268 g/mol. The second-order valence-corrected chi connectivity index (χ2v) is 4.58. The van der Waals surface area contributed by atoms with E-state index < -0.39 is 5.38 Å². The van der Waals surface area contributed by atoms with E-state index in [0.717, 1.165) is 6.42 Å². The Bertz CT molecular complexity index is 381. The van der Waals surface area contributed by atoms with Gasteiger partial charge in [0, 0.05) is 6.54 Å². The van der Waals surface area contributed by atoms with E-state index in [0.29, 0.717) is 22.2 Å². The van der Waals surface area contributed by atoms with Crippen LogP contribution in [0.5, 0.6) is 0 Å². The van der Waals surface area contributed by atoms with Crippen molar-refractivity contribution < 1.29 is 4.79 Å². The molecule has 88 valence electrons. The highest BCUT2D eigenvalue weighted by molar-refractivity contribution is 6.42. The highest BCUT2D eigenvalue weighted by Crippen LogP contribution is 2.28. The zero-order chi connectivity index (χ0) is 12.1. The highest BCUT2D eigenvalue weighted by Gasteiger charge is 2.17. The average molecular weight is 281 g/mol. The number of amides is 1. The van der Waals surface area contributed by atoms with Crippen LogP contribution in [0.25, 0.3) is 0 Å². The number of carbonyl (C=O) groups is 1. The largest absolute Gasteiger partial charge is 0.355 e. The van der Waals surface area contributed by atoms with E-state index >= 15 is 0 Å². The van der Waals surface area contributed by atoms with Gasteiger partial charge in [-0.2, -0.15) is 0 Å². The van der Waals surface area contributed by atoms with Crippen LogP contribution in [-0.4, -0.2) is 12.5 Å². The summed E-state index contributed by atoms with van der Waals surface area (Å²) in [5.74, 6) is -0.220. The van der Waals surface area contributed by atoms with E-state index in [1.165, 1.54) is 0 Å². The molecule has 0 saturated heterocycles. The van der Waals surface area contributed by atoms with E-state index in [9.17, 15) is 4.79 Å². The van der Waals surface area contributed by atoms with Gasteiger partial charge < -0.3 is 5.32 Å². The molecule has 0 heterocycles. The van der Waals surface area contributed by atoms with E-state index in [1.54, 1.807) is 18.2 Å². The third kappa shape index (κ3) is 3.55. The standard InChI is InChI=1S/C11H12Cl3NO/c1-2-5-15-11(16)10(14)7-3-4-8(12)9(13)6-7/h3-4,6,10H,2,5H2,1H3,(H,15,16). The first-order valence-electron chi connectivity index (χ1n) is 4.93. The van der Waals surface area contributed by atoms with E-state index in [1.807, 2.05) is 6.92 Å². The Morgan fingerprint density at radius 2 is 2.06 bits per heavy atom. The molecule has 1 N–H and O–H groups in total. The number of benzene rings is 1. The molecule has 2 nitrogen and oxygen atoms in total. The number of carbonyl (C=O) groups excluding carboxylic acids is 1. The number of hydrogen-bond donors (Lipinski definition) is 1. The van der Waals surface area contributed by atoms with Gasteiger partial charge in [0.1, 0.15) is 5.38 Å². The minimum atomic E-state index is -0.735. The van der Waals surface area contributed by atoms with Crippen LogP contribution in [0.1, 0.15) is 24.3 Å². The molecule has 0 bridgehead atoms. The van der Waals surface area contributed by atoms with Crippen molar-refractivity contribution in [2.75, 3.05) is 6.54 Å². The molecule has 1 amide bonds. The zero-order valence-electron chi connectivity index (χ0n) is 8.77. The molecular formula is C11H12Cl3NO. The highest BCUT2D eigenvalue weighted by atomic mass is 35.5. The minimum Gasteiger partial charge on any atom is -0.355 e. The van der Waals surface area contributed by atoms with Gasteiger partial charge in [-0.1, -0.05) is 36.2 Å². The quantitative estimate of drug-likeness (QED) is 0.835. The van der Waals surface area contributed by atoms with Crippen LogP contribution in [0.3, 0.4) is 0 Å². The summed E-state index contributed by atoms with van der Waals surface area (Å²) in [5.41, 5.74) is 0.643. The van der Waals surface area contributed by atoms with Gasteiger partial charge in [0.25, 0.3) is 0 Å². The lowest BCUT2D eigenvalue weighted by Gasteiger charge is -2.10. The summed E-state index contributed by atoms with van der Waals surface area (Å²) in [6, 6.07) is 4.92. The Balaban J connectivity index is 2.75. The second kappa shape index (κ2) is 6.33. The van der Waals surface area contributed by atoms with Crippen LogP contribution >= 0.6 is 34.8 Å². The van der Waals surface area contributed by atoms with Crippen LogP contribution in [0.2, 0.25) is 10.0 Å². The van der Waals surface area contributed by atoms with Gasteiger partial charge >= 0.3 is 0 Å².